The molecular weight excluding hydrogens is 138 g/mol. The first-order valence-corrected chi connectivity index (χ1v) is 4.06. The van der Waals surface area contributed by atoms with Crippen molar-refractivity contribution >= 4 is 5.91 Å². The Morgan fingerprint density at radius 3 is 3.00 bits per heavy atom. The second-order valence-corrected chi connectivity index (χ2v) is 2.79. The van der Waals surface area contributed by atoms with Gasteiger partial charge in [0.15, 0.2) is 0 Å². The fourth-order valence-corrected chi connectivity index (χ4v) is 1.31. The zero-order chi connectivity index (χ0) is 8.10. The molecule has 1 heterocycles. The molecule has 0 bridgehead atoms. The van der Waals surface area contributed by atoms with Crippen LogP contribution in [0, 0.1) is 12.3 Å². The van der Waals surface area contributed by atoms with Crippen LogP contribution in [0.2, 0.25) is 0 Å². The first kappa shape index (κ1) is 8.13. The molecule has 11 heavy (non-hydrogen) atoms. The highest BCUT2D eigenvalue weighted by Crippen LogP contribution is 2.09. The molecule has 0 atom stereocenters. The van der Waals surface area contributed by atoms with Gasteiger partial charge in [-0.2, -0.15) is 0 Å². The van der Waals surface area contributed by atoms with E-state index in [1.165, 1.54) is 0 Å². The second-order valence-electron chi connectivity index (χ2n) is 2.79. The van der Waals surface area contributed by atoms with Gasteiger partial charge >= 0.3 is 0 Å². The zero-order valence-electron chi connectivity index (χ0n) is 6.68. The van der Waals surface area contributed by atoms with Crippen molar-refractivity contribution in [2.75, 3.05) is 13.1 Å². The fraction of sp³-hybridized carbons (Fsp3) is 0.667. The van der Waals surface area contributed by atoms with Crippen LogP contribution >= 0.6 is 0 Å². The van der Waals surface area contributed by atoms with Crippen LogP contribution in [-0.4, -0.2) is 23.9 Å². The normalized spacial score (nSPS) is 17.0. The minimum absolute atomic E-state index is 0.294. The molecule has 0 aromatic carbocycles. The molecule has 0 aromatic rings. The SMILES string of the molecule is C#CCCCN1CCCC1=O. The summed E-state index contributed by atoms with van der Waals surface area (Å²) in [5, 5.41) is 0. The first-order chi connectivity index (χ1) is 5.34. The summed E-state index contributed by atoms with van der Waals surface area (Å²) in [6, 6.07) is 0. The topological polar surface area (TPSA) is 20.3 Å². The summed E-state index contributed by atoms with van der Waals surface area (Å²) in [6.45, 7) is 1.78. The van der Waals surface area contributed by atoms with Crippen LogP contribution in [-0.2, 0) is 4.79 Å². The number of amides is 1. The Hall–Kier alpha value is -0.970. The number of hydrogen-bond acceptors (Lipinski definition) is 1. The number of carbonyl (C=O) groups excluding carboxylic acids is 1. The molecule has 0 aromatic heterocycles. The standard InChI is InChI=1S/C9H13NO/c1-2-3-4-7-10-8-5-6-9(10)11/h1H,3-8H2. The summed E-state index contributed by atoms with van der Waals surface area (Å²) in [7, 11) is 0. The molecule has 0 saturated carbocycles. The van der Waals surface area contributed by atoms with Gasteiger partial charge in [0.1, 0.15) is 0 Å². The van der Waals surface area contributed by atoms with E-state index >= 15 is 0 Å². The van der Waals surface area contributed by atoms with E-state index in [9.17, 15) is 4.79 Å². The van der Waals surface area contributed by atoms with Gasteiger partial charge in [-0.25, -0.2) is 0 Å². The van der Waals surface area contributed by atoms with Gasteiger partial charge in [0.25, 0.3) is 0 Å². The lowest BCUT2D eigenvalue weighted by molar-refractivity contribution is -0.127. The van der Waals surface area contributed by atoms with Crippen molar-refractivity contribution in [1.29, 1.82) is 0 Å². The van der Waals surface area contributed by atoms with Gasteiger partial charge in [-0.3, -0.25) is 4.79 Å². The van der Waals surface area contributed by atoms with E-state index in [1.807, 2.05) is 4.90 Å². The molecule has 2 nitrogen and oxygen atoms in total. The average Bonchev–Trinajstić information content (AvgIpc) is 2.37. The highest BCUT2D eigenvalue weighted by molar-refractivity contribution is 5.77. The Balaban J connectivity index is 2.16. The maximum absolute atomic E-state index is 11.0. The van der Waals surface area contributed by atoms with E-state index in [1.54, 1.807) is 0 Å². The summed E-state index contributed by atoms with van der Waals surface area (Å²) in [5.41, 5.74) is 0. The van der Waals surface area contributed by atoms with Crippen molar-refractivity contribution in [3.63, 3.8) is 0 Å². The average molecular weight is 151 g/mol. The number of rotatable bonds is 3. The summed E-state index contributed by atoms with van der Waals surface area (Å²) in [4.78, 5) is 12.9. The van der Waals surface area contributed by atoms with E-state index in [0.29, 0.717) is 5.91 Å². The summed E-state index contributed by atoms with van der Waals surface area (Å²) >= 11 is 0. The van der Waals surface area contributed by atoms with Crippen LogP contribution in [0.5, 0.6) is 0 Å². The van der Waals surface area contributed by atoms with E-state index in [-0.39, 0.29) is 0 Å². The molecule has 0 aliphatic carbocycles. The van der Waals surface area contributed by atoms with E-state index < -0.39 is 0 Å². The zero-order valence-corrected chi connectivity index (χ0v) is 6.68. The largest absolute Gasteiger partial charge is 0.343 e. The van der Waals surface area contributed by atoms with Crippen LogP contribution in [0.1, 0.15) is 25.7 Å². The summed E-state index contributed by atoms with van der Waals surface area (Å²) < 4.78 is 0. The predicted octanol–water partition coefficient (Wildman–Crippen LogP) is 1.02. The Morgan fingerprint density at radius 2 is 2.45 bits per heavy atom. The van der Waals surface area contributed by atoms with Crippen molar-refractivity contribution in [1.82, 2.24) is 4.90 Å². The maximum Gasteiger partial charge on any atom is 0.222 e. The van der Waals surface area contributed by atoms with E-state index in [0.717, 1.165) is 38.8 Å². The summed E-state index contributed by atoms with van der Waals surface area (Å²) in [6.07, 6.45) is 8.58. The molecule has 0 spiro atoms. The first-order valence-electron chi connectivity index (χ1n) is 4.06. The van der Waals surface area contributed by atoms with E-state index in [2.05, 4.69) is 5.92 Å². The smallest absolute Gasteiger partial charge is 0.222 e. The third-order valence-electron chi connectivity index (χ3n) is 1.92. The maximum atomic E-state index is 11.0. The van der Waals surface area contributed by atoms with Crippen LogP contribution < -0.4 is 0 Å². The number of likely N-dealkylation sites (tertiary alicyclic amines) is 1. The van der Waals surface area contributed by atoms with Crippen LogP contribution in [0.3, 0.4) is 0 Å². The van der Waals surface area contributed by atoms with Crippen molar-refractivity contribution in [2.24, 2.45) is 0 Å². The van der Waals surface area contributed by atoms with Crippen LogP contribution in [0.25, 0.3) is 0 Å². The molecule has 1 fully saturated rings. The minimum Gasteiger partial charge on any atom is -0.343 e. The number of hydrogen-bond donors (Lipinski definition) is 0. The molecule has 1 amide bonds. The van der Waals surface area contributed by atoms with Gasteiger partial charge in [-0.1, -0.05) is 0 Å². The molecular formula is C9H13NO. The molecule has 0 unspecified atom stereocenters. The molecule has 1 aliphatic heterocycles. The molecule has 1 rings (SSSR count). The van der Waals surface area contributed by atoms with Gasteiger partial charge < -0.3 is 4.90 Å². The fourth-order valence-electron chi connectivity index (χ4n) is 1.31. The monoisotopic (exact) mass is 151 g/mol. The van der Waals surface area contributed by atoms with Gasteiger partial charge in [0.2, 0.25) is 5.91 Å². The third kappa shape index (κ3) is 2.27. The van der Waals surface area contributed by atoms with Crippen LogP contribution in [0.4, 0.5) is 0 Å². The molecule has 1 aliphatic rings. The highest BCUT2D eigenvalue weighted by Gasteiger charge is 2.18. The van der Waals surface area contributed by atoms with Crippen molar-refractivity contribution in [2.45, 2.75) is 25.7 Å². The number of carbonyl (C=O) groups is 1. The molecule has 0 N–H and O–H groups in total. The van der Waals surface area contributed by atoms with Crippen molar-refractivity contribution in [3.05, 3.63) is 0 Å². The Kier molecular flexibility index (Phi) is 2.97. The van der Waals surface area contributed by atoms with Crippen LogP contribution in [0.15, 0.2) is 0 Å². The lowest BCUT2D eigenvalue weighted by atomic mass is 10.3. The quantitative estimate of drug-likeness (QED) is 0.435. The number of nitrogens with zero attached hydrogens (tertiary/aromatic N) is 1. The third-order valence-corrected chi connectivity index (χ3v) is 1.92. The molecule has 60 valence electrons. The van der Waals surface area contributed by atoms with Crippen molar-refractivity contribution in [3.8, 4) is 12.3 Å². The number of terminal acetylenes is 1. The second kappa shape index (κ2) is 4.02. The lowest BCUT2D eigenvalue weighted by Gasteiger charge is -2.13. The molecule has 2 heteroatoms. The number of unbranched alkanes of at least 4 members (excludes halogenated alkanes) is 1. The molecule has 1 saturated heterocycles. The van der Waals surface area contributed by atoms with Gasteiger partial charge in [-0.15, -0.1) is 12.3 Å². The van der Waals surface area contributed by atoms with Gasteiger partial charge in [-0.05, 0) is 12.8 Å². The Bertz CT molecular complexity index is 180. The van der Waals surface area contributed by atoms with E-state index in [4.69, 9.17) is 6.42 Å². The van der Waals surface area contributed by atoms with Gasteiger partial charge in [0.05, 0.1) is 0 Å². The summed E-state index contributed by atoms with van der Waals surface area (Å²) in [5.74, 6) is 2.86. The lowest BCUT2D eigenvalue weighted by Crippen LogP contribution is -2.25. The highest BCUT2D eigenvalue weighted by atomic mass is 16.2. The molecule has 0 radical (unpaired) electrons. The minimum atomic E-state index is 0.294. The van der Waals surface area contributed by atoms with Crippen molar-refractivity contribution < 1.29 is 4.79 Å². The van der Waals surface area contributed by atoms with Gasteiger partial charge in [0, 0.05) is 25.9 Å². The Morgan fingerprint density at radius 1 is 1.64 bits per heavy atom. The Labute approximate surface area is 67.6 Å². The predicted molar refractivity (Wildman–Crippen MR) is 43.9 cm³/mol.